The van der Waals surface area contributed by atoms with E-state index in [-0.39, 0.29) is 11.5 Å². The third-order valence-electron chi connectivity index (χ3n) is 3.03. The summed E-state index contributed by atoms with van der Waals surface area (Å²) in [5, 5.41) is 0. The van der Waals surface area contributed by atoms with Crippen LogP contribution in [0.4, 0.5) is 0 Å². The molecule has 0 aliphatic heterocycles. The number of nitrogens with zero attached hydrogens (tertiary/aromatic N) is 2. The van der Waals surface area contributed by atoms with Gasteiger partial charge >= 0.3 is 0 Å². The Bertz CT molecular complexity index is 505. The van der Waals surface area contributed by atoms with Crippen LogP contribution in [0.2, 0.25) is 0 Å². The molecular formula is C13H19N3. The molecule has 0 fully saturated rings. The van der Waals surface area contributed by atoms with Crippen LogP contribution in [0.25, 0.3) is 11.0 Å². The van der Waals surface area contributed by atoms with Crippen LogP contribution in [0.3, 0.4) is 0 Å². The monoisotopic (exact) mass is 217 g/mol. The number of rotatable bonds is 1. The van der Waals surface area contributed by atoms with Crippen molar-refractivity contribution in [3.8, 4) is 0 Å². The highest BCUT2D eigenvalue weighted by atomic mass is 15.1. The Labute approximate surface area is 96.3 Å². The highest BCUT2D eigenvalue weighted by Gasteiger charge is 2.26. The van der Waals surface area contributed by atoms with Gasteiger partial charge in [0.25, 0.3) is 0 Å². The van der Waals surface area contributed by atoms with Crippen LogP contribution in [-0.4, -0.2) is 9.55 Å². The fourth-order valence-corrected chi connectivity index (χ4v) is 1.83. The lowest BCUT2D eigenvalue weighted by atomic mass is 9.87. The molecule has 1 heterocycles. The lowest BCUT2D eigenvalue weighted by Gasteiger charge is -2.26. The van der Waals surface area contributed by atoms with Crippen molar-refractivity contribution in [3.05, 3.63) is 30.1 Å². The summed E-state index contributed by atoms with van der Waals surface area (Å²) in [5.41, 5.74) is 8.43. The first-order chi connectivity index (χ1) is 7.41. The van der Waals surface area contributed by atoms with E-state index in [1.807, 2.05) is 25.2 Å². The van der Waals surface area contributed by atoms with Crippen molar-refractivity contribution in [2.24, 2.45) is 18.2 Å². The smallest absolute Gasteiger partial charge is 0.127 e. The molecule has 0 amide bonds. The predicted octanol–water partition coefficient (Wildman–Crippen LogP) is 2.62. The third kappa shape index (κ3) is 1.71. The van der Waals surface area contributed by atoms with Crippen molar-refractivity contribution in [2.45, 2.75) is 26.8 Å². The first kappa shape index (κ1) is 11.1. The zero-order valence-corrected chi connectivity index (χ0v) is 10.4. The second-order valence-electron chi connectivity index (χ2n) is 5.36. The zero-order chi connectivity index (χ0) is 11.9. The van der Waals surface area contributed by atoms with Gasteiger partial charge in [0.05, 0.1) is 17.1 Å². The maximum absolute atomic E-state index is 6.25. The van der Waals surface area contributed by atoms with Crippen molar-refractivity contribution in [2.75, 3.05) is 0 Å². The molecule has 0 unspecified atom stereocenters. The summed E-state index contributed by atoms with van der Waals surface area (Å²) >= 11 is 0. The van der Waals surface area contributed by atoms with Crippen LogP contribution < -0.4 is 5.73 Å². The van der Waals surface area contributed by atoms with Crippen LogP contribution in [0.15, 0.2) is 24.3 Å². The zero-order valence-electron chi connectivity index (χ0n) is 10.4. The number of nitrogens with two attached hydrogens (primary N) is 1. The number of aromatic nitrogens is 2. The molecule has 16 heavy (non-hydrogen) atoms. The molecule has 86 valence electrons. The van der Waals surface area contributed by atoms with E-state index < -0.39 is 0 Å². The summed E-state index contributed by atoms with van der Waals surface area (Å²) in [5.74, 6) is 0.953. The third-order valence-corrected chi connectivity index (χ3v) is 3.03. The van der Waals surface area contributed by atoms with Crippen molar-refractivity contribution in [3.63, 3.8) is 0 Å². The number of fused-ring (bicyclic) bond motifs is 1. The minimum absolute atomic E-state index is 0.0230. The summed E-state index contributed by atoms with van der Waals surface area (Å²) in [7, 11) is 2.02. The molecule has 0 aliphatic carbocycles. The Morgan fingerprint density at radius 3 is 2.44 bits per heavy atom. The van der Waals surface area contributed by atoms with Gasteiger partial charge in [-0.05, 0) is 17.5 Å². The molecule has 0 aliphatic rings. The molecule has 1 aromatic heterocycles. The quantitative estimate of drug-likeness (QED) is 0.798. The van der Waals surface area contributed by atoms with Crippen LogP contribution >= 0.6 is 0 Å². The molecule has 0 saturated carbocycles. The largest absolute Gasteiger partial charge is 0.330 e. The minimum atomic E-state index is -0.0510. The van der Waals surface area contributed by atoms with E-state index in [0.717, 1.165) is 16.9 Å². The van der Waals surface area contributed by atoms with E-state index >= 15 is 0 Å². The number of hydrogen-bond donors (Lipinski definition) is 1. The van der Waals surface area contributed by atoms with E-state index in [4.69, 9.17) is 5.73 Å². The molecule has 3 heteroatoms. The maximum atomic E-state index is 6.25. The molecule has 1 atom stereocenters. The molecule has 0 radical (unpaired) electrons. The number of para-hydroxylation sites is 2. The lowest BCUT2D eigenvalue weighted by Crippen LogP contribution is -2.28. The second kappa shape index (κ2) is 3.59. The molecule has 0 bridgehead atoms. The Hall–Kier alpha value is -1.35. The van der Waals surface area contributed by atoms with Crippen LogP contribution in [0.5, 0.6) is 0 Å². The van der Waals surface area contributed by atoms with Crippen LogP contribution in [0.1, 0.15) is 32.6 Å². The Kier molecular flexibility index (Phi) is 2.50. The topological polar surface area (TPSA) is 43.8 Å². The average Bonchev–Trinajstić information content (AvgIpc) is 2.54. The second-order valence-corrected chi connectivity index (χ2v) is 5.36. The van der Waals surface area contributed by atoms with E-state index in [1.165, 1.54) is 0 Å². The summed E-state index contributed by atoms with van der Waals surface area (Å²) in [6, 6.07) is 8.07. The predicted molar refractivity (Wildman–Crippen MR) is 67.1 cm³/mol. The van der Waals surface area contributed by atoms with Gasteiger partial charge in [-0.2, -0.15) is 0 Å². The van der Waals surface area contributed by atoms with Gasteiger partial charge < -0.3 is 10.3 Å². The normalized spacial score (nSPS) is 14.3. The number of hydrogen-bond acceptors (Lipinski definition) is 2. The fraction of sp³-hybridized carbons (Fsp3) is 0.462. The van der Waals surface area contributed by atoms with Gasteiger partial charge in [-0.3, -0.25) is 0 Å². The van der Waals surface area contributed by atoms with Crippen molar-refractivity contribution in [1.29, 1.82) is 0 Å². The molecule has 0 saturated heterocycles. The number of imidazole rings is 1. The molecule has 0 spiro atoms. The Balaban J connectivity index is 2.58. The number of benzene rings is 1. The van der Waals surface area contributed by atoms with Gasteiger partial charge in [0.2, 0.25) is 0 Å². The standard InChI is InChI=1S/C13H19N3/c1-13(2,3)11(14)12-15-9-7-5-6-8-10(9)16(12)4/h5-8,11H,14H2,1-4H3/t11-/m1/s1. The van der Waals surface area contributed by atoms with Crippen LogP contribution in [0, 0.1) is 5.41 Å². The van der Waals surface area contributed by atoms with E-state index in [9.17, 15) is 0 Å². The molecular weight excluding hydrogens is 198 g/mol. The summed E-state index contributed by atoms with van der Waals surface area (Å²) in [4.78, 5) is 4.62. The summed E-state index contributed by atoms with van der Waals surface area (Å²) in [6.07, 6.45) is 0. The van der Waals surface area contributed by atoms with E-state index in [2.05, 4.69) is 36.4 Å². The minimum Gasteiger partial charge on any atom is -0.330 e. The maximum Gasteiger partial charge on any atom is 0.127 e. The molecule has 2 N–H and O–H groups in total. The fourth-order valence-electron chi connectivity index (χ4n) is 1.83. The van der Waals surface area contributed by atoms with E-state index in [0.29, 0.717) is 0 Å². The van der Waals surface area contributed by atoms with Gasteiger partial charge in [0.1, 0.15) is 5.82 Å². The molecule has 2 rings (SSSR count). The van der Waals surface area contributed by atoms with Gasteiger partial charge in [-0.25, -0.2) is 4.98 Å². The molecule has 3 nitrogen and oxygen atoms in total. The van der Waals surface area contributed by atoms with Crippen molar-refractivity contribution >= 4 is 11.0 Å². The Morgan fingerprint density at radius 1 is 1.25 bits per heavy atom. The molecule has 2 aromatic rings. The van der Waals surface area contributed by atoms with Gasteiger partial charge in [-0.1, -0.05) is 32.9 Å². The first-order valence-corrected chi connectivity index (χ1v) is 5.58. The van der Waals surface area contributed by atoms with Gasteiger partial charge in [0, 0.05) is 7.05 Å². The van der Waals surface area contributed by atoms with Crippen molar-refractivity contribution in [1.82, 2.24) is 9.55 Å². The summed E-state index contributed by atoms with van der Waals surface area (Å²) < 4.78 is 2.09. The molecule has 1 aromatic carbocycles. The Morgan fingerprint density at radius 2 is 1.88 bits per heavy atom. The SMILES string of the molecule is Cn1c([C@@H](N)C(C)(C)C)nc2ccccc21. The van der Waals surface area contributed by atoms with Crippen LogP contribution in [-0.2, 0) is 7.05 Å². The van der Waals surface area contributed by atoms with E-state index in [1.54, 1.807) is 0 Å². The number of aryl methyl sites for hydroxylation is 1. The van der Waals surface area contributed by atoms with Gasteiger partial charge in [0.15, 0.2) is 0 Å². The first-order valence-electron chi connectivity index (χ1n) is 5.58. The van der Waals surface area contributed by atoms with Gasteiger partial charge in [-0.15, -0.1) is 0 Å². The highest BCUT2D eigenvalue weighted by Crippen LogP contribution is 2.31. The highest BCUT2D eigenvalue weighted by molar-refractivity contribution is 5.75. The summed E-state index contributed by atoms with van der Waals surface area (Å²) in [6.45, 7) is 6.41. The average molecular weight is 217 g/mol. The lowest BCUT2D eigenvalue weighted by molar-refractivity contribution is 0.311. The van der Waals surface area contributed by atoms with Crippen molar-refractivity contribution < 1.29 is 0 Å².